The molecule has 2 N–H and O–H groups in total. The number of para-hydroxylation sites is 1. The quantitative estimate of drug-likeness (QED) is 0.825. The summed E-state index contributed by atoms with van der Waals surface area (Å²) in [6, 6.07) is 17.5. The number of aliphatic hydroxyl groups excluding tert-OH is 1. The van der Waals surface area contributed by atoms with Crippen molar-refractivity contribution in [3.63, 3.8) is 0 Å². The lowest BCUT2D eigenvalue weighted by Crippen LogP contribution is -2.47. The molecule has 0 saturated heterocycles. The lowest BCUT2D eigenvalue weighted by atomic mass is 9.73. The van der Waals surface area contributed by atoms with E-state index in [1.807, 2.05) is 54.6 Å². The van der Waals surface area contributed by atoms with Gasteiger partial charge in [-0.15, -0.1) is 0 Å². The zero-order valence-corrected chi connectivity index (χ0v) is 15.4. The maximum absolute atomic E-state index is 13.4. The fourth-order valence-electron chi connectivity index (χ4n) is 4.15. The first-order valence-electron chi connectivity index (χ1n) is 9.33. The van der Waals surface area contributed by atoms with Gasteiger partial charge in [-0.1, -0.05) is 48.5 Å². The highest BCUT2D eigenvalue weighted by molar-refractivity contribution is 6.10. The zero-order chi connectivity index (χ0) is 19.1. The van der Waals surface area contributed by atoms with Gasteiger partial charge in [0.1, 0.15) is 0 Å². The minimum absolute atomic E-state index is 0.0588. The Morgan fingerprint density at radius 3 is 2.44 bits per heavy atom. The molecule has 1 aliphatic heterocycles. The fraction of sp³-hybridized carbons (Fsp3) is 0.364. The van der Waals surface area contributed by atoms with Crippen molar-refractivity contribution in [2.75, 3.05) is 18.6 Å². The number of amides is 2. The highest BCUT2D eigenvalue weighted by atomic mass is 16.3. The van der Waals surface area contributed by atoms with Crippen LogP contribution in [-0.2, 0) is 21.4 Å². The molecule has 1 heterocycles. The van der Waals surface area contributed by atoms with E-state index in [1.165, 1.54) is 0 Å². The summed E-state index contributed by atoms with van der Waals surface area (Å²) in [6.07, 6.45) is 2.11. The summed E-state index contributed by atoms with van der Waals surface area (Å²) in [4.78, 5) is 27.9. The van der Waals surface area contributed by atoms with Gasteiger partial charge in [-0.25, -0.2) is 0 Å². The Bertz CT molecular complexity index is 876. The first kappa shape index (κ1) is 17.7. The number of fused-ring (bicyclic) bond motifs is 1. The molecule has 2 aromatic carbocycles. The van der Waals surface area contributed by atoms with Crippen LogP contribution in [0.25, 0.3) is 0 Å². The van der Waals surface area contributed by atoms with Crippen molar-refractivity contribution in [1.29, 1.82) is 0 Å². The Balaban J connectivity index is 1.72. The van der Waals surface area contributed by atoms with Crippen LogP contribution in [0.5, 0.6) is 0 Å². The summed E-state index contributed by atoms with van der Waals surface area (Å²) >= 11 is 0. The van der Waals surface area contributed by atoms with E-state index in [0.717, 1.165) is 29.7 Å². The van der Waals surface area contributed by atoms with Crippen molar-refractivity contribution < 1.29 is 14.7 Å². The van der Waals surface area contributed by atoms with Crippen molar-refractivity contribution in [2.45, 2.75) is 36.6 Å². The highest BCUT2D eigenvalue weighted by Crippen LogP contribution is 2.46. The van der Waals surface area contributed by atoms with E-state index in [2.05, 4.69) is 5.32 Å². The topological polar surface area (TPSA) is 69.6 Å². The number of rotatable bonds is 6. The van der Waals surface area contributed by atoms with Crippen molar-refractivity contribution in [1.82, 2.24) is 5.32 Å². The standard InChI is InChI=1S/C22H24N2O3/c1-24-18-10-6-5-9-17(18)22(20(24)27,13-16-7-3-2-4-8-16)14-19(26)23-21(15-25)11-12-21/h2-10,25H,11-15H2,1H3,(H,23,26)/t22-/m1/s1. The number of carbonyl (C=O) groups is 2. The van der Waals surface area contributed by atoms with Crippen LogP contribution in [-0.4, -0.2) is 36.1 Å². The van der Waals surface area contributed by atoms with Gasteiger partial charge in [0, 0.05) is 19.2 Å². The number of anilines is 1. The smallest absolute Gasteiger partial charge is 0.238 e. The van der Waals surface area contributed by atoms with Crippen LogP contribution >= 0.6 is 0 Å². The van der Waals surface area contributed by atoms with E-state index in [9.17, 15) is 14.7 Å². The van der Waals surface area contributed by atoms with E-state index in [-0.39, 0.29) is 24.8 Å². The van der Waals surface area contributed by atoms with Gasteiger partial charge < -0.3 is 15.3 Å². The first-order chi connectivity index (χ1) is 13.0. The molecule has 0 unspecified atom stereocenters. The third kappa shape index (κ3) is 3.02. The number of nitrogens with zero attached hydrogens (tertiary/aromatic N) is 1. The molecule has 2 aliphatic rings. The molecule has 1 saturated carbocycles. The molecule has 1 fully saturated rings. The number of likely N-dealkylation sites (N-methyl/N-ethyl adjacent to an activating group) is 1. The number of nitrogens with one attached hydrogen (secondary N) is 1. The van der Waals surface area contributed by atoms with Gasteiger partial charge in [-0.2, -0.15) is 0 Å². The highest BCUT2D eigenvalue weighted by Gasteiger charge is 2.52. The molecule has 5 heteroatoms. The monoisotopic (exact) mass is 364 g/mol. The number of hydrogen-bond donors (Lipinski definition) is 2. The third-order valence-electron chi connectivity index (χ3n) is 5.87. The zero-order valence-electron chi connectivity index (χ0n) is 15.4. The number of benzene rings is 2. The summed E-state index contributed by atoms with van der Waals surface area (Å²) in [5.41, 5.74) is 1.35. The Morgan fingerprint density at radius 2 is 1.78 bits per heavy atom. The van der Waals surface area contributed by atoms with Crippen molar-refractivity contribution in [3.05, 3.63) is 65.7 Å². The number of carbonyl (C=O) groups excluding carboxylic acids is 2. The lowest BCUT2D eigenvalue weighted by molar-refractivity contribution is -0.130. The predicted molar refractivity (Wildman–Crippen MR) is 103 cm³/mol. The average molecular weight is 364 g/mol. The molecule has 2 aromatic rings. The van der Waals surface area contributed by atoms with Gasteiger partial charge >= 0.3 is 0 Å². The normalized spacial score (nSPS) is 22.4. The molecular weight excluding hydrogens is 340 g/mol. The van der Waals surface area contributed by atoms with Crippen LogP contribution < -0.4 is 10.2 Å². The molecule has 0 bridgehead atoms. The summed E-state index contributed by atoms with van der Waals surface area (Å²) in [5.74, 6) is -0.243. The molecule has 140 valence electrons. The third-order valence-corrected chi connectivity index (χ3v) is 5.87. The van der Waals surface area contributed by atoms with E-state index in [1.54, 1.807) is 11.9 Å². The maximum atomic E-state index is 13.4. The summed E-state index contributed by atoms with van der Waals surface area (Å²) in [7, 11) is 1.77. The Morgan fingerprint density at radius 1 is 1.11 bits per heavy atom. The van der Waals surface area contributed by atoms with E-state index >= 15 is 0 Å². The average Bonchev–Trinajstić information content (AvgIpc) is 3.43. The summed E-state index contributed by atoms with van der Waals surface area (Å²) in [5, 5.41) is 12.5. The fourth-order valence-corrected chi connectivity index (χ4v) is 4.15. The first-order valence-corrected chi connectivity index (χ1v) is 9.33. The van der Waals surface area contributed by atoms with E-state index < -0.39 is 11.0 Å². The molecule has 0 radical (unpaired) electrons. The van der Waals surface area contributed by atoms with Crippen molar-refractivity contribution in [2.24, 2.45) is 0 Å². The van der Waals surface area contributed by atoms with E-state index in [4.69, 9.17) is 0 Å². The van der Waals surface area contributed by atoms with Crippen molar-refractivity contribution >= 4 is 17.5 Å². The molecule has 2 amide bonds. The van der Waals surface area contributed by atoms with Crippen LogP contribution in [0.2, 0.25) is 0 Å². The van der Waals surface area contributed by atoms with Crippen molar-refractivity contribution in [3.8, 4) is 0 Å². The van der Waals surface area contributed by atoms with Crippen LogP contribution in [0.4, 0.5) is 5.69 Å². The molecule has 1 aliphatic carbocycles. The van der Waals surface area contributed by atoms with Crippen LogP contribution in [0.1, 0.15) is 30.4 Å². The number of aliphatic hydroxyl groups is 1. The van der Waals surface area contributed by atoms with Crippen LogP contribution in [0.3, 0.4) is 0 Å². The molecule has 4 rings (SSSR count). The van der Waals surface area contributed by atoms with Crippen LogP contribution in [0, 0.1) is 0 Å². The second-order valence-electron chi connectivity index (χ2n) is 7.79. The SMILES string of the molecule is CN1C(=O)[C@@](CC(=O)NC2(CO)CC2)(Cc2ccccc2)c2ccccc21. The molecule has 27 heavy (non-hydrogen) atoms. The van der Waals surface area contributed by atoms with Gasteiger partial charge in [-0.05, 0) is 36.5 Å². The lowest BCUT2D eigenvalue weighted by Gasteiger charge is -2.29. The largest absolute Gasteiger partial charge is 0.394 e. The Kier molecular flexibility index (Phi) is 4.27. The maximum Gasteiger partial charge on any atom is 0.238 e. The molecule has 5 nitrogen and oxygen atoms in total. The second-order valence-corrected chi connectivity index (χ2v) is 7.79. The molecule has 0 spiro atoms. The summed E-state index contributed by atoms with van der Waals surface area (Å²) < 4.78 is 0. The molecular formula is C22H24N2O3. The van der Waals surface area contributed by atoms with Gasteiger partial charge in [0.05, 0.1) is 17.6 Å². The van der Waals surface area contributed by atoms with Crippen LogP contribution in [0.15, 0.2) is 54.6 Å². The van der Waals surface area contributed by atoms with Gasteiger partial charge in [0.15, 0.2) is 0 Å². The molecule has 1 atom stereocenters. The number of hydrogen-bond acceptors (Lipinski definition) is 3. The second kappa shape index (κ2) is 6.50. The minimum atomic E-state index is -0.928. The summed E-state index contributed by atoms with van der Waals surface area (Å²) in [6.45, 7) is -0.0607. The van der Waals surface area contributed by atoms with Gasteiger partial charge in [-0.3, -0.25) is 9.59 Å². The van der Waals surface area contributed by atoms with E-state index in [0.29, 0.717) is 6.42 Å². The van der Waals surface area contributed by atoms with Gasteiger partial charge in [0.2, 0.25) is 11.8 Å². The van der Waals surface area contributed by atoms with Gasteiger partial charge in [0.25, 0.3) is 0 Å². The molecule has 0 aromatic heterocycles. The minimum Gasteiger partial charge on any atom is -0.394 e. The Hall–Kier alpha value is -2.66. The Labute approximate surface area is 159 Å². The predicted octanol–water partition coefficient (Wildman–Crippen LogP) is 2.17.